The predicted molar refractivity (Wildman–Crippen MR) is 109 cm³/mol. The Labute approximate surface area is 166 Å². The molecule has 0 fully saturated rings. The number of hydrogen-bond donors (Lipinski definition) is 1. The number of aromatic amines is 1. The molecule has 0 saturated heterocycles. The van der Waals surface area contributed by atoms with E-state index in [1.807, 2.05) is 50.2 Å². The Balaban J connectivity index is 1.55. The maximum absolute atomic E-state index is 12.0. The van der Waals surface area contributed by atoms with E-state index in [2.05, 4.69) is 19.9 Å². The third-order valence-corrected chi connectivity index (χ3v) is 5.08. The Hall–Kier alpha value is -3.19. The average Bonchev–Trinajstić information content (AvgIpc) is 3.07. The monoisotopic (exact) mass is 390 g/mol. The number of hydrogen-bond acceptors (Lipinski definition) is 6. The molecule has 4 rings (SSSR count). The topological polar surface area (TPSA) is 84.7 Å². The van der Waals surface area contributed by atoms with Gasteiger partial charge in [-0.05, 0) is 38.1 Å². The Morgan fingerprint density at radius 1 is 1.04 bits per heavy atom. The van der Waals surface area contributed by atoms with Crippen LogP contribution in [0.25, 0.3) is 22.7 Å². The quantitative estimate of drug-likeness (QED) is 0.402. The second-order valence-corrected chi connectivity index (χ2v) is 7.32. The molecule has 3 heterocycles. The first-order chi connectivity index (χ1) is 13.6. The molecule has 1 aromatic carbocycles. The number of pyridine rings is 1. The van der Waals surface area contributed by atoms with Crippen LogP contribution in [0.1, 0.15) is 17.0 Å². The molecule has 4 aromatic rings. The predicted octanol–water partition coefficient (Wildman–Crippen LogP) is 4.40. The van der Waals surface area contributed by atoms with Gasteiger partial charge in [0.05, 0.1) is 11.4 Å². The van der Waals surface area contributed by atoms with Gasteiger partial charge in [-0.1, -0.05) is 29.5 Å². The van der Waals surface area contributed by atoms with Crippen LogP contribution in [0.3, 0.4) is 0 Å². The standard InChI is InChI=1S/C21H18N4O2S/c1-13-4-3-5-16(10-13)20-23-18(14(2)27-20)12-28-21-24-17(11-19(26)25-21)15-6-8-22-9-7-15/h3-11H,12H2,1-2H3,(H,24,25,26). The number of H-pyrrole nitrogens is 1. The fourth-order valence-corrected chi connectivity index (χ4v) is 3.65. The van der Waals surface area contributed by atoms with Gasteiger partial charge in [0, 0.05) is 35.3 Å². The highest BCUT2D eigenvalue weighted by molar-refractivity contribution is 7.98. The molecule has 0 radical (unpaired) electrons. The van der Waals surface area contributed by atoms with Crippen molar-refractivity contribution >= 4 is 11.8 Å². The summed E-state index contributed by atoms with van der Waals surface area (Å²) in [4.78, 5) is 28.0. The average molecular weight is 390 g/mol. The highest BCUT2D eigenvalue weighted by atomic mass is 32.2. The number of oxazole rings is 1. The second kappa shape index (κ2) is 7.82. The summed E-state index contributed by atoms with van der Waals surface area (Å²) in [5.41, 5.74) is 4.21. The van der Waals surface area contributed by atoms with Gasteiger partial charge in [0.15, 0.2) is 5.16 Å². The molecule has 0 aliphatic carbocycles. The third kappa shape index (κ3) is 4.04. The summed E-state index contributed by atoms with van der Waals surface area (Å²) in [5.74, 6) is 1.91. The summed E-state index contributed by atoms with van der Waals surface area (Å²) in [6, 6.07) is 13.2. The third-order valence-electron chi connectivity index (χ3n) is 4.20. The van der Waals surface area contributed by atoms with Crippen LogP contribution in [0.2, 0.25) is 0 Å². The lowest BCUT2D eigenvalue weighted by molar-refractivity contribution is 0.540. The second-order valence-electron chi connectivity index (χ2n) is 6.35. The number of nitrogens with zero attached hydrogens (tertiary/aromatic N) is 3. The van der Waals surface area contributed by atoms with Crippen molar-refractivity contribution in [2.45, 2.75) is 24.8 Å². The summed E-state index contributed by atoms with van der Waals surface area (Å²) in [5, 5.41) is 0.541. The van der Waals surface area contributed by atoms with Crippen molar-refractivity contribution in [2.24, 2.45) is 0 Å². The zero-order valence-corrected chi connectivity index (χ0v) is 16.3. The first-order valence-electron chi connectivity index (χ1n) is 8.76. The molecule has 1 N–H and O–H groups in total. The Bertz CT molecular complexity index is 1170. The van der Waals surface area contributed by atoms with E-state index in [9.17, 15) is 4.79 Å². The largest absolute Gasteiger partial charge is 0.441 e. The molecule has 0 saturated carbocycles. The summed E-state index contributed by atoms with van der Waals surface area (Å²) in [6.07, 6.45) is 3.35. The van der Waals surface area contributed by atoms with Gasteiger partial charge in [-0.15, -0.1) is 0 Å². The van der Waals surface area contributed by atoms with Crippen LogP contribution in [0.4, 0.5) is 0 Å². The van der Waals surface area contributed by atoms with Gasteiger partial charge in [-0.25, -0.2) is 9.97 Å². The molecule has 28 heavy (non-hydrogen) atoms. The molecule has 0 bridgehead atoms. The van der Waals surface area contributed by atoms with Crippen molar-refractivity contribution in [3.05, 3.63) is 82.2 Å². The van der Waals surface area contributed by atoms with Crippen LogP contribution in [0.15, 0.2) is 69.2 Å². The Morgan fingerprint density at radius 3 is 2.64 bits per heavy atom. The number of aryl methyl sites for hydroxylation is 2. The van der Waals surface area contributed by atoms with Crippen molar-refractivity contribution in [3.8, 4) is 22.7 Å². The van der Waals surface area contributed by atoms with Crippen molar-refractivity contribution in [1.29, 1.82) is 0 Å². The number of benzene rings is 1. The zero-order chi connectivity index (χ0) is 19.5. The summed E-state index contributed by atoms with van der Waals surface area (Å²) in [6.45, 7) is 3.93. The van der Waals surface area contributed by atoms with E-state index in [1.54, 1.807) is 12.4 Å². The smallest absolute Gasteiger partial charge is 0.252 e. The highest BCUT2D eigenvalue weighted by Crippen LogP contribution is 2.27. The van der Waals surface area contributed by atoms with E-state index < -0.39 is 0 Å². The van der Waals surface area contributed by atoms with E-state index in [4.69, 9.17) is 4.42 Å². The minimum Gasteiger partial charge on any atom is -0.441 e. The van der Waals surface area contributed by atoms with Gasteiger partial charge < -0.3 is 9.40 Å². The molecule has 0 atom stereocenters. The first-order valence-corrected chi connectivity index (χ1v) is 9.75. The normalized spacial score (nSPS) is 10.9. The minimum absolute atomic E-state index is 0.193. The summed E-state index contributed by atoms with van der Waals surface area (Å²) in [7, 11) is 0. The lowest BCUT2D eigenvalue weighted by Crippen LogP contribution is -2.08. The lowest BCUT2D eigenvalue weighted by atomic mass is 10.1. The maximum atomic E-state index is 12.0. The number of nitrogens with one attached hydrogen (secondary N) is 1. The van der Waals surface area contributed by atoms with Gasteiger partial charge >= 0.3 is 0 Å². The molecule has 140 valence electrons. The van der Waals surface area contributed by atoms with Crippen LogP contribution in [0.5, 0.6) is 0 Å². The molecule has 0 spiro atoms. The first kappa shape index (κ1) is 18.2. The fourth-order valence-electron chi connectivity index (χ4n) is 2.77. The summed E-state index contributed by atoms with van der Waals surface area (Å²) >= 11 is 1.42. The minimum atomic E-state index is -0.193. The molecule has 0 amide bonds. The number of rotatable bonds is 5. The van der Waals surface area contributed by atoms with Crippen LogP contribution in [-0.2, 0) is 5.75 Å². The van der Waals surface area contributed by atoms with Crippen LogP contribution >= 0.6 is 11.8 Å². The van der Waals surface area contributed by atoms with E-state index in [0.717, 1.165) is 28.1 Å². The number of thioether (sulfide) groups is 1. The van der Waals surface area contributed by atoms with Gasteiger partial charge in [-0.3, -0.25) is 9.78 Å². The van der Waals surface area contributed by atoms with E-state index in [-0.39, 0.29) is 5.56 Å². The maximum Gasteiger partial charge on any atom is 0.252 e. The van der Waals surface area contributed by atoms with Gasteiger partial charge in [0.2, 0.25) is 5.89 Å². The van der Waals surface area contributed by atoms with Crippen LogP contribution in [0, 0.1) is 13.8 Å². The molecule has 6 nitrogen and oxygen atoms in total. The fraction of sp³-hybridized carbons (Fsp3) is 0.143. The molecular weight excluding hydrogens is 372 g/mol. The molecule has 7 heteroatoms. The SMILES string of the molecule is Cc1cccc(-c2nc(CSc3nc(-c4ccncc4)cc(=O)[nH]3)c(C)o2)c1. The molecular formula is C21H18N4O2S. The van der Waals surface area contributed by atoms with E-state index in [0.29, 0.717) is 22.5 Å². The van der Waals surface area contributed by atoms with E-state index in [1.165, 1.54) is 17.8 Å². The van der Waals surface area contributed by atoms with Crippen molar-refractivity contribution in [1.82, 2.24) is 19.9 Å². The lowest BCUT2D eigenvalue weighted by Gasteiger charge is -2.03. The molecule has 0 aliphatic heterocycles. The summed E-state index contributed by atoms with van der Waals surface area (Å²) < 4.78 is 5.84. The zero-order valence-electron chi connectivity index (χ0n) is 15.5. The molecule has 3 aromatic heterocycles. The van der Waals surface area contributed by atoms with Gasteiger partial charge in [0.1, 0.15) is 5.76 Å². The van der Waals surface area contributed by atoms with Crippen molar-refractivity contribution in [2.75, 3.05) is 0 Å². The van der Waals surface area contributed by atoms with Crippen LogP contribution < -0.4 is 5.56 Å². The number of aromatic nitrogens is 4. The van der Waals surface area contributed by atoms with Crippen LogP contribution in [-0.4, -0.2) is 19.9 Å². The van der Waals surface area contributed by atoms with E-state index >= 15 is 0 Å². The van der Waals surface area contributed by atoms with Crippen molar-refractivity contribution in [3.63, 3.8) is 0 Å². The highest BCUT2D eigenvalue weighted by Gasteiger charge is 2.13. The molecule has 0 aliphatic rings. The Kier molecular flexibility index (Phi) is 5.08. The van der Waals surface area contributed by atoms with Gasteiger partial charge in [-0.2, -0.15) is 0 Å². The van der Waals surface area contributed by atoms with Crippen molar-refractivity contribution < 1.29 is 4.42 Å². The molecule has 0 unspecified atom stereocenters. The Morgan fingerprint density at radius 2 is 1.86 bits per heavy atom. The van der Waals surface area contributed by atoms with Gasteiger partial charge in [0.25, 0.3) is 5.56 Å².